The van der Waals surface area contributed by atoms with Gasteiger partial charge in [0.25, 0.3) is 0 Å². The number of ether oxygens (including phenoxy) is 1. The van der Waals surface area contributed by atoms with E-state index >= 15 is 0 Å². The van der Waals surface area contributed by atoms with E-state index in [0.717, 1.165) is 30.0 Å². The van der Waals surface area contributed by atoms with Crippen LogP contribution in [0.2, 0.25) is 0 Å². The molecule has 0 unspecified atom stereocenters. The molecule has 0 spiro atoms. The van der Waals surface area contributed by atoms with Crippen molar-refractivity contribution in [3.63, 3.8) is 0 Å². The molecule has 0 bridgehead atoms. The highest BCUT2D eigenvalue weighted by Crippen LogP contribution is 2.42. The lowest BCUT2D eigenvalue weighted by atomic mass is 9.66. The zero-order valence-electron chi connectivity index (χ0n) is 13.3. The van der Waals surface area contributed by atoms with E-state index < -0.39 is 0 Å². The number of hydrogen-bond acceptors (Lipinski definition) is 3. The van der Waals surface area contributed by atoms with Gasteiger partial charge in [-0.05, 0) is 49.2 Å². The Morgan fingerprint density at radius 1 is 1.26 bits per heavy atom. The van der Waals surface area contributed by atoms with Crippen molar-refractivity contribution in [1.82, 2.24) is 4.98 Å². The van der Waals surface area contributed by atoms with Crippen LogP contribution in [-0.2, 0) is 5.41 Å². The fourth-order valence-electron chi connectivity index (χ4n) is 2.87. The van der Waals surface area contributed by atoms with E-state index in [1.165, 1.54) is 6.42 Å². The summed E-state index contributed by atoms with van der Waals surface area (Å²) in [4.78, 5) is 9.05. The second-order valence-corrected chi connectivity index (χ2v) is 5.90. The summed E-state index contributed by atoms with van der Waals surface area (Å²) in [5.74, 6) is 1.24. The molecule has 0 radical (unpaired) electrons. The summed E-state index contributed by atoms with van der Waals surface area (Å²) >= 11 is 0. The Balaban J connectivity index is 1.66. The number of aromatic nitrogens is 1. The number of methoxy groups -OCH3 is 1. The third kappa shape index (κ3) is 3.44. The van der Waals surface area contributed by atoms with Gasteiger partial charge in [0.05, 0.1) is 13.7 Å². The van der Waals surface area contributed by atoms with Crippen LogP contribution in [0.3, 0.4) is 0 Å². The summed E-state index contributed by atoms with van der Waals surface area (Å²) in [5, 5.41) is 3.12. The fraction of sp³-hybridized carbons (Fsp3) is 0.333. The SMILES string of the molecule is COc1ccc(NC(N)=NCC2(c3ccccn3)CCC2)cc1. The smallest absolute Gasteiger partial charge is 0.193 e. The number of pyridine rings is 1. The van der Waals surface area contributed by atoms with Gasteiger partial charge < -0.3 is 15.8 Å². The standard InChI is InChI=1S/C18H22N4O/c1-23-15-8-6-14(7-9-15)22-17(19)21-13-18(10-4-11-18)16-5-2-3-12-20-16/h2-3,5-9,12H,4,10-11,13H2,1H3,(H3,19,21,22). The molecule has 1 aliphatic rings. The number of rotatable bonds is 5. The molecular weight excluding hydrogens is 288 g/mol. The Labute approximate surface area is 136 Å². The minimum atomic E-state index is 0.0491. The highest BCUT2D eigenvalue weighted by molar-refractivity contribution is 5.92. The molecule has 0 atom stereocenters. The number of nitrogens with one attached hydrogen (secondary N) is 1. The average molecular weight is 310 g/mol. The van der Waals surface area contributed by atoms with E-state index in [2.05, 4.69) is 21.4 Å². The van der Waals surface area contributed by atoms with Gasteiger partial charge in [-0.15, -0.1) is 0 Å². The molecule has 5 nitrogen and oxygen atoms in total. The van der Waals surface area contributed by atoms with Crippen molar-refractivity contribution in [2.24, 2.45) is 10.7 Å². The average Bonchev–Trinajstić information content (AvgIpc) is 2.55. The first kappa shape index (κ1) is 15.3. The van der Waals surface area contributed by atoms with Gasteiger partial charge in [0.15, 0.2) is 5.96 Å². The molecule has 1 aromatic heterocycles. The summed E-state index contributed by atoms with van der Waals surface area (Å²) in [7, 11) is 1.65. The lowest BCUT2D eigenvalue weighted by molar-refractivity contribution is 0.246. The third-order valence-electron chi connectivity index (χ3n) is 4.43. The summed E-state index contributed by atoms with van der Waals surface area (Å²) in [6.07, 6.45) is 5.29. The lowest BCUT2D eigenvalue weighted by Gasteiger charge is -2.40. The van der Waals surface area contributed by atoms with E-state index in [9.17, 15) is 0 Å². The van der Waals surface area contributed by atoms with Crippen LogP contribution in [0.5, 0.6) is 5.75 Å². The second-order valence-electron chi connectivity index (χ2n) is 5.90. The summed E-state index contributed by atoms with van der Waals surface area (Å²) in [6.45, 7) is 0.666. The molecule has 120 valence electrons. The van der Waals surface area contributed by atoms with Gasteiger partial charge in [0.2, 0.25) is 0 Å². The molecule has 3 rings (SSSR count). The number of hydrogen-bond donors (Lipinski definition) is 2. The van der Waals surface area contributed by atoms with Crippen molar-refractivity contribution in [3.8, 4) is 5.75 Å². The predicted octanol–water partition coefficient (Wildman–Crippen LogP) is 2.94. The Morgan fingerprint density at radius 2 is 2.04 bits per heavy atom. The fourth-order valence-corrected chi connectivity index (χ4v) is 2.87. The largest absolute Gasteiger partial charge is 0.497 e. The maximum absolute atomic E-state index is 6.03. The second kappa shape index (κ2) is 6.69. The van der Waals surface area contributed by atoms with Crippen molar-refractivity contribution in [1.29, 1.82) is 0 Å². The molecule has 23 heavy (non-hydrogen) atoms. The van der Waals surface area contributed by atoms with Crippen molar-refractivity contribution >= 4 is 11.6 Å². The maximum atomic E-state index is 6.03. The molecule has 0 amide bonds. The molecular formula is C18H22N4O. The monoisotopic (exact) mass is 310 g/mol. The Hall–Kier alpha value is -2.56. The minimum absolute atomic E-state index is 0.0491. The Kier molecular flexibility index (Phi) is 4.46. The highest BCUT2D eigenvalue weighted by Gasteiger charge is 2.39. The van der Waals surface area contributed by atoms with E-state index in [1.807, 2.05) is 42.6 Å². The summed E-state index contributed by atoms with van der Waals surface area (Å²) in [5.41, 5.74) is 8.09. The van der Waals surface area contributed by atoms with Crippen LogP contribution in [0.4, 0.5) is 5.69 Å². The molecule has 1 saturated carbocycles. The van der Waals surface area contributed by atoms with Gasteiger partial charge in [-0.25, -0.2) is 0 Å². The zero-order valence-corrected chi connectivity index (χ0v) is 13.3. The van der Waals surface area contributed by atoms with Crippen molar-refractivity contribution in [3.05, 3.63) is 54.4 Å². The van der Waals surface area contributed by atoms with Crippen LogP contribution in [0.15, 0.2) is 53.7 Å². The van der Waals surface area contributed by atoms with Crippen molar-refractivity contribution < 1.29 is 4.74 Å². The van der Waals surface area contributed by atoms with Gasteiger partial charge in [-0.1, -0.05) is 12.5 Å². The van der Waals surface area contributed by atoms with Crippen LogP contribution in [0.25, 0.3) is 0 Å². The molecule has 5 heteroatoms. The molecule has 1 fully saturated rings. The molecule has 3 N–H and O–H groups in total. The minimum Gasteiger partial charge on any atom is -0.497 e. The number of nitrogens with zero attached hydrogens (tertiary/aromatic N) is 2. The first-order valence-electron chi connectivity index (χ1n) is 7.84. The van der Waals surface area contributed by atoms with Gasteiger partial charge in [0, 0.05) is 23.0 Å². The molecule has 1 aliphatic carbocycles. The maximum Gasteiger partial charge on any atom is 0.193 e. The highest BCUT2D eigenvalue weighted by atomic mass is 16.5. The van der Waals surface area contributed by atoms with E-state index in [1.54, 1.807) is 7.11 Å². The summed E-state index contributed by atoms with van der Waals surface area (Å²) in [6, 6.07) is 13.7. The Bertz CT molecular complexity index is 663. The number of guanidine groups is 1. The van der Waals surface area contributed by atoms with Crippen LogP contribution < -0.4 is 15.8 Å². The quantitative estimate of drug-likeness (QED) is 0.658. The molecule has 1 aromatic carbocycles. The van der Waals surface area contributed by atoms with Crippen LogP contribution in [0.1, 0.15) is 25.0 Å². The van der Waals surface area contributed by atoms with Gasteiger partial charge in [-0.3, -0.25) is 9.98 Å². The zero-order chi connectivity index (χ0) is 16.1. The molecule has 2 aromatic rings. The first-order valence-corrected chi connectivity index (χ1v) is 7.84. The number of anilines is 1. The predicted molar refractivity (Wildman–Crippen MR) is 92.9 cm³/mol. The van der Waals surface area contributed by atoms with E-state index in [-0.39, 0.29) is 5.41 Å². The van der Waals surface area contributed by atoms with Crippen LogP contribution >= 0.6 is 0 Å². The summed E-state index contributed by atoms with van der Waals surface area (Å²) < 4.78 is 5.14. The van der Waals surface area contributed by atoms with Crippen molar-refractivity contribution in [2.45, 2.75) is 24.7 Å². The first-order chi connectivity index (χ1) is 11.2. The third-order valence-corrected chi connectivity index (χ3v) is 4.43. The lowest BCUT2D eigenvalue weighted by Crippen LogP contribution is -2.39. The molecule has 0 aliphatic heterocycles. The topological polar surface area (TPSA) is 72.5 Å². The number of benzene rings is 1. The Morgan fingerprint density at radius 3 is 2.61 bits per heavy atom. The van der Waals surface area contributed by atoms with Gasteiger partial charge >= 0.3 is 0 Å². The van der Waals surface area contributed by atoms with Crippen LogP contribution in [-0.4, -0.2) is 24.6 Å². The van der Waals surface area contributed by atoms with Gasteiger partial charge in [-0.2, -0.15) is 0 Å². The van der Waals surface area contributed by atoms with Crippen molar-refractivity contribution in [2.75, 3.05) is 19.0 Å². The number of nitrogens with two attached hydrogens (primary N) is 1. The molecule has 1 heterocycles. The van der Waals surface area contributed by atoms with Gasteiger partial charge in [0.1, 0.15) is 5.75 Å². The van der Waals surface area contributed by atoms with E-state index in [4.69, 9.17) is 10.5 Å². The normalized spacial score (nSPS) is 16.5. The van der Waals surface area contributed by atoms with Crippen LogP contribution in [0, 0.1) is 0 Å². The van der Waals surface area contributed by atoms with E-state index in [0.29, 0.717) is 12.5 Å². The molecule has 0 saturated heterocycles. The number of aliphatic imine (C=N–C) groups is 1.